The van der Waals surface area contributed by atoms with Gasteiger partial charge in [-0.15, -0.1) is 11.8 Å². The number of carbonyl (C=O) groups is 1. The lowest BCUT2D eigenvalue weighted by Gasteiger charge is -2.39. The maximum atomic E-state index is 12.5. The van der Waals surface area contributed by atoms with E-state index < -0.39 is 0 Å². The second-order valence-corrected chi connectivity index (χ2v) is 6.96. The molecule has 104 valence electrons. The van der Waals surface area contributed by atoms with Gasteiger partial charge in [0.25, 0.3) is 0 Å². The van der Waals surface area contributed by atoms with Gasteiger partial charge in [-0.25, -0.2) is 0 Å². The molecule has 2 aliphatic rings. The lowest BCUT2D eigenvalue weighted by Crippen LogP contribution is -2.48. The monoisotopic (exact) mass is 270 g/mol. The van der Waals surface area contributed by atoms with Gasteiger partial charge in [0.2, 0.25) is 5.91 Å². The van der Waals surface area contributed by atoms with Crippen LogP contribution in [0.15, 0.2) is 0 Å². The highest BCUT2D eigenvalue weighted by Gasteiger charge is 2.33. The van der Waals surface area contributed by atoms with Crippen molar-refractivity contribution < 1.29 is 4.79 Å². The first-order valence-electron chi connectivity index (χ1n) is 7.32. The number of rotatable bonds is 3. The van der Waals surface area contributed by atoms with E-state index >= 15 is 0 Å². The van der Waals surface area contributed by atoms with Crippen LogP contribution in [0.4, 0.5) is 0 Å². The highest BCUT2D eigenvalue weighted by Crippen LogP contribution is 2.31. The van der Waals surface area contributed by atoms with E-state index in [1.54, 1.807) is 0 Å². The molecule has 0 aromatic heterocycles. The summed E-state index contributed by atoms with van der Waals surface area (Å²) >= 11 is 1.85. The molecule has 3 atom stereocenters. The Balaban J connectivity index is 1.95. The normalized spacial score (nSPS) is 33.1. The number of carbonyl (C=O) groups excluding carboxylic acids is 1. The Kier molecular flexibility index (Phi) is 5.37. The van der Waals surface area contributed by atoms with Crippen LogP contribution in [0, 0.1) is 5.92 Å². The Labute approximate surface area is 115 Å². The van der Waals surface area contributed by atoms with E-state index in [4.69, 9.17) is 5.73 Å². The Morgan fingerprint density at radius 1 is 1.22 bits per heavy atom. The number of amides is 1. The van der Waals surface area contributed by atoms with Crippen molar-refractivity contribution in [3.05, 3.63) is 0 Å². The van der Waals surface area contributed by atoms with Crippen LogP contribution in [0.5, 0.6) is 0 Å². The molecular weight excluding hydrogens is 244 g/mol. The number of nitrogens with zero attached hydrogens (tertiary/aromatic N) is 1. The summed E-state index contributed by atoms with van der Waals surface area (Å²) in [5.74, 6) is 2.02. The summed E-state index contributed by atoms with van der Waals surface area (Å²) in [6.07, 6.45) is 8.40. The highest BCUT2D eigenvalue weighted by atomic mass is 32.2. The minimum absolute atomic E-state index is 0.212. The van der Waals surface area contributed by atoms with E-state index in [1.165, 1.54) is 32.1 Å². The van der Waals surface area contributed by atoms with Crippen molar-refractivity contribution in [3.8, 4) is 0 Å². The predicted octanol–water partition coefficient (Wildman–Crippen LogP) is 2.25. The van der Waals surface area contributed by atoms with Crippen LogP contribution in [-0.4, -0.2) is 41.4 Å². The van der Waals surface area contributed by atoms with Crippen LogP contribution in [0.1, 0.15) is 44.9 Å². The van der Waals surface area contributed by atoms with Gasteiger partial charge < -0.3 is 10.6 Å². The van der Waals surface area contributed by atoms with Crippen LogP contribution < -0.4 is 5.73 Å². The van der Waals surface area contributed by atoms with Gasteiger partial charge >= 0.3 is 0 Å². The van der Waals surface area contributed by atoms with Crippen molar-refractivity contribution in [2.45, 2.75) is 56.2 Å². The summed E-state index contributed by atoms with van der Waals surface area (Å²) in [6, 6.07) is 0.388. The molecule has 2 rings (SSSR count). The smallest absolute Gasteiger partial charge is 0.235 e. The zero-order valence-electron chi connectivity index (χ0n) is 11.4. The van der Waals surface area contributed by atoms with E-state index in [0.29, 0.717) is 17.9 Å². The molecule has 18 heavy (non-hydrogen) atoms. The second kappa shape index (κ2) is 6.80. The van der Waals surface area contributed by atoms with Crippen molar-refractivity contribution in [3.63, 3.8) is 0 Å². The fourth-order valence-corrected chi connectivity index (χ4v) is 4.60. The van der Waals surface area contributed by atoms with Gasteiger partial charge in [-0.05, 0) is 43.9 Å². The molecule has 1 amide bonds. The lowest BCUT2D eigenvalue weighted by molar-refractivity contribution is -0.133. The maximum absolute atomic E-state index is 12.5. The third kappa shape index (κ3) is 3.21. The van der Waals surface area contributed by atoms with Gasteiger partial charge in [0.15, 0.2) is 0 Å². The minimum Gasteiger partial charge on any atom is -0.341 e. The summed E-state index contributed by atoms with van der Waals surface area (Å²) in [7, 11) is 2.00. The highest BCUT2D eigenvalue weighted by molar-refractivity contribution is 8.00. The van der Waals surface area contributed by atoms with Gasteiger partial charge in [-0.2, -0.15) is 0 Å². The summed E-state index contributed by atoms with van der Waals surface area (Å²) < 4.78 is 0. The van der Waals surface area contributed by atoms with Crippen LogP contribution >= 0.6 is 11.8 Å². The quantitative estimate of drug-likeness (QED) is 0.855. The van der Waals surface area contributed by atoms with E-state index in [1.807, 2.05) is 23.7 Å². The second-order valence-electron chi connectivity index (χ2n) is 5.65. The van der Waals surface area contributed by atoms with Crippen molar-refractivity contribution in [1.29, 1.82) is 0 Å². The number of nitrogens with two attached hydrogens (primary N) is 1. The van der Waals surface area contributed by atoms with Crippen molar-refractivity contribution in [1.82, 2.24) is 4.90 Å². The number of hydrogen-bond donors (Lipinski definition) is 1. The van der Waals surface area contributed by atoms with E-state index in [9.17, 15) is 4.79 Å². The summed E-state index contributed by atoms with van der Waals surface area (Å²) in [5, 5.41) is 0.212. The van der Waals surface area contributed by atoms with Crippen LogP contribution in [0.25, 0.3) is 0 Å². The maximum Gasteiger partial charge on any atom is 0.235 e. The molecule has 1 saturated carbocycles. The molecule has 0 radical (unpaired) electrons. The Morgan fingerprint density at radius 2 is 1.94 bits per heavy atom. The van der Waals surface area contributed by atoms with Crippen LogP contribution in [-0.2, 0) is 4.79 Å². The van der Waals surface area contributed by atoms with Crippen molar-refractivity contribution in [2.75, 3.05) is 19.3 Å². The molecular formula is C14H26N2OS. The molecule has 1 saturated heterocycles. The average molecular weight is 270 g/mol. The molecule has 0 aromatic carbocycles. The summed E-state index contributed by atoms with van der Waals surface area (Å²) in [4.78, 5) is 14.6. The first-order valence-corrected chi connectivity index (χ1v) is 8.37. The van der Waals surface area contributed by atoms with E-state index in [-0.39, 0.29) is 5.25 Å². The Morgan fingerprint density at radius 3 is 2.61 bits per heavy atom. The molecule has 2 N–H and O–H groups in total. The van der Waals surface area contributed by atoms with Gasteiger partial charge in [-0.1, -0.05) is 19.3 Å². The van der Waals surface area contributed by atoms with E-state index in [0.717, 1.165) is 25.1 Å². The number of thioether (sulfide) groups is 1. The minimum atomic E-state index is 0.212. The zero-order valence-corrected chi connectivity index (χ0v) is 12.3. The van der Waals surface area contributed by atoms with Gasteiger partial charge in [0.05, 0.1) is 5.25 Å². The molecule has 0 bridgehead atoms. The van der Waals surface area contributed by atoms with Gasteiger partial charge in [0, 0.05) is 13.1 Å². The van der Waals surface area contributed by atoms with Crippen molar-refractivity contribution in [2.24, 2.45) is 11.7 Å². The van der Waals surface area contributed by atoms with E-state index in [2.05, 4.69) is 0 Å². The van der Waals surface area contributed by atoms with Gasteiger partial charge in [0.1, 0.15) is 0 Å². The fraction of sp³-hybridized carbons (Fsp3) is 0.929. The summed E-state index contributed by atoms with van der Waals surface area (Å²) in [5.41, 5.74) is 5.87. The molecule has 1 aliphatic heterocycles. The Bertz CT molecular complexity index is 279. The first kappa shape index (κ1) is 14.2. The van der Waals surface area contributed by atoms with Crippen LogP contribution in [0.3, 0.4) is 0 Å². The third-order valence-corrected chi connectivity index (χ3v) is 5.84. The largest absolute Gasteiger partial charge is 0.341 e. The van der Waals surface area contributed by atoms with Crippen LogP contribution in [0.2, 0.25) is 0 Å². The molecule has 3 nitrogen and oxygen atoms in total. The number of hydrogen-bond acceptors (Lipinski definition) is 3. The predicted molar refractivity (Wildman–Crippen MR) is 77.7 cm³/mol. The Hall–Kier alpha value is -0.220. The lowest BCUT2D eigenvalue weighted by atomic mass is 9.83. The standard InChI is InChI=1S/C14H26N2OS/c1-16(12-7-3-2-6-11(12)10-15)14(17)13-8-4-5-9-18-13/h11-13H,2-10,15H2,1H3. The molecule has 0 aromatic rings. The first-order chi connectivity index (χ1) is 8.74. The summed E-state index contributed by atoms with van der Waals surface area (Å²) in [6.45, 7) is 0.722. The topological polar surface area (TPSA) is 46.3 Å². The molecule has 1 aliphatic carbocycles. The average Bonchev–Trinajstić information content (AvgIpc) is 2.46. The molecule has 1 heterocycles. The molecule has 2 fully saturated rings. The SMILES string of the molecule is CN(C(=O)C1CCCCS1)C1CCCCC1CN. The molecule has 3 unspecified atom stereocenters. The zero-order chi connectivity index (χ0) is 13.0. The fourth-order valence-electron chi connectivity index (χ4n) is 3.30. The molecule has 4 heteroatoms. The van der Waals surface area contributed by atoms with Crippen molar-refractivity contribution >= 4 is 17.7 Å². The third-order valence-electron chi connectivity index (χ3n) is 4.47. The molecule has 0 spiro atoms. The van der Waals surface area contributed by atoms with Gasteiger partial charge in [-0.3, -0.25) is 4.79 Å².